The number of ether oxygens (including phenoxy) is 1. The lowest BCUT2D eigenvalue weighted by Crippen LogP contribution is -2.10. The van der Waals surface area contributed by atoms with Crippen LogP contribution in [0.3, 0.4) is 0 Å². The SMILES string of the molecule is CNCC=Cc1ccc(OCCN)cc1. The lowest BCUT2D eigenvalue weighted by molar-refractivity contribution is 0.328. The van der Waals surface area contributed by atoms with E-state index in [4.69, 9.17) is 10.5 Å². The van der Waals surface area contributed by atoms with Crippen molar-refractivity contribution in [1.29, 1.82) is 0 Å². The van der Waals surface area contributed by atoms with Crippen molar-refractivity contribution < 1.29 is 4.74 Å². The second-order valence-corrected chi connectivity index (χ2v) is 3.17. The Morgan fingerprint density at radius 3 is 2.67 bits per heavy atom. The molecule has 0 radical (unpaired) electrons. The zero-order valence-electron chi connectivity index (χ0n) is 9.07. The Kier molecular flexibility index (Phi) is 5.51. The summed E-state index contributed by atoms with van der Waals surface area (Å²) >= 11 is 0. The van der Waals surface area contributed by atoms with Crippen LogP contribution in [0.2, 0.25) is 0 Å². The van der Waals surface area contributed by atoms with Crippen LogP contribution in [-0.4, -0.2) is 26.7 Å². The molecule has 0 fully saturated rings. The molecule has 0 unspecified atom stereocenters. The van der Waals surface area contributed by atoms with E-state index < -0.39 is 0 Å². The average molecular weight is 206 g/mol. The Bertz CT molecular complexity index is 293. The summed E-state index contributed by atoms with van der Waals surface area (Å²) in [6, 6.07) is 7.96. The normalized spacial score (nSPS) is 10.8. The fourth-order valence-corrected chi connectivity index (χ4v) is 1.16. The molecule has 3 nitrogen and oxygen atoms in total. The molecule has 0 aliphatic rings. The predicted octanol–water partition coefficient (Wildman–Crippen LogP) is 1.26. The van der Waals surface area contributed by atoms with E-state index in [0.29, 0.717) is 13.2 Å². The van der Waals surface area contributed by atoms with Crippen LogP contribution < -0.4 is 15.8 Å². The van der Waals surface area contributed by atoms with Gasteiger partial charge in [0.1, 0.15) is 12.4 Å². The Labute approximate surface area is 90.9 Å². The van der Waals surface area contributed by atoms with Crippen LogP contribution >= 0.6 is 0 Å². The van der Waals surface area contributed by atoms with Gasteiger partial charge in [0, 0.05) is 13.1 Å². The smallest absolute Gasteiger partial charge is 0.119 e. The molecule has 1 aromatic rings. The van der Waals surface area contributed by atoms with Gasteiger partial charge in [0.05, 0.1) is 0 Å². The molecule has 15 heavy (non-hydrogen) atoms. The van der Waals surface area contributed by atoms with Gasteiger partial charge in [-0.25, -0.2) is 0 Å². The summed E-state index contributed by atoms with van der Waals surface area (Å²) in [5.41, 5.74) is 6.52. The fraction of sp³-hybridized carbons (Fsp3) is 0.333. The van der Waals surface area contributed by atoms with Gasteiger partial charge in [-0.15, -0.1) is 0 Å². The molecule has 1 aromatic carbocycles. The molecule has 0 atom stereocenters. The number of rotatable bonds is 6. The molecule has 0 amide bonds. The van der Waals surface area contributed by atoms with Gasteiger partial charge in [0.15, 0.2) is 0 Å². The van der Waals surface area contributed by atoms with Crippen molar-refractivity contribution >= 4 is 6.08 Å². The first-order chi connectivity index (χ1) is 7.36. The minimum Gasteiger partial charge on any atom is -0.492 e. The number of hydrogen-bond donors (Lipinski definition) is 2. The molecule has 82 valence electrons. The van der Waals surface area contributed by atoms with Gasteiger partial charge >= 0.3 is 0 Å². The zero-order chi connectivity index (χ0) is 10.9. The monoisotopic (exact) mass is 206 g/mol. The van der Waals surface area contributed by atoms with Gasteiger partial charge in [0.25, 0.3) is 0 Å². The quantitative estimate of drug-likeness (QED) is 0.736. The summed E-state index contributed by atoms with van der Waals surface area (Å²) in [6.07, 6.45) is 4.15. The summed E-state index contributed by atoms with van der Waals surface area (Å²) in [5, 5.41) is 3.05. The largest absolute Gasteiger partial charge is 0.492 e. The second kappa shape index (κ2) is 7.04. The van der Waals surface area contributed by atoms with E-state index in [1.54, 1.807) is 0 Å². The summed E-state index contributed by atoms with van der Waals surface area (Å²) in [4.78, 5) is 0. The third-order valence-corrected chi connectivity index (χ3v) is 1.90. The van der Waals surface area contributed by atoms with Crippen molar-refractivity contribution in [3.05, 3.63) is 35.9 Å². The highest BCUT2D eigenvalue weighted by Crippen LogP contribution is 2.12. The number of nitrogens with two attached hydrogens (primary N) is 1. The van der Waals surface area contributed by atoms with Crippen LogP contribution in [-0.2, 0) is 0 Å². The van der Waals surface area contributed by atoms with Crippen LogP contribution in [0.4, 0.5) is 0 Å². The molecule has 0 aliphatic heterocycles. The van der Waals surface area contributed by atoms with Crippen molar-refractivity contribution in [1.82, 2.24) is 5.32 Å². The summed E-state index contributed by atoms with van der Waals surface area (Å²) in [5.74, 6) is 0.867. The first-order valence-corrected chi connectivity index (χ1v) is 5.11. The van der Waals surface area contributed by atoms with Crippen LogP contribution in [0.15, 0.2) is 30.3 Å². The molecule has 0 saturated heterocycles. The zero-order valence-corrected chi connectivity index (χ0v) is 9.07. The number of nitrogens with one attached hydrogen (secondary N) is 1. The van der Waals surface area contributed by atoms with E-state index in [2.05, 4.69) is 17.5 Å². The van der Waals surface area contributed by atoms with Crippen LogP contribution in [0.1, 0.15) is 5.56 Å². The molecule has 0 heterocycles. The molecule has 0 bridgehead atoms. The van der Waals surface area contributed by atoms with Crippen LogP contribution in [0.25, 0.3) is 6.08 Å². The van der Waals surface area contributed by atoms with E-state index in [0.717, 1.165) is 12.3 Å². The first kappa shape index (κ1) is 11.8. The molecular formula is C12H18N2O. The Balaban J connectivity index is 2.48. The van der Waals surface area contributed by atoms with Gasteiger partial charge in [-0.1, -0.05) is 24.3 Å². The predicted molar refractivity (Wildman–Crippen MR) is 64.0 cm³/mol. The minimum atomic E-state index is 0.545. The highest BCUT2D eigenvalue weighted by atomic mass is 16.5. The van der Waals surface area contributed by atoms with E-state index in [-0.39, 0.29) is 0 Å². The van der Waals surface area contributed by atoms with Gasteiger partial charge in [-0.3, -0.25) is 0 Å². The van der Waals surface area contributed by atoms with E-state index in [1.165, 1.54) is 5.56 Å². The molecular weight excluding hydrogens is 188 g/mol. The molecule has 3 N–H and O–H groups in total. The second-order valence-electron chi connectivity index (χ2n) is 3.17. The summed E-state index contributed by atoms with van der Waals surface area (Å²) in [7, 11) is 1.92. The maximum Gasteiger partial charge on any atom is 0.119 e. The highest BCUT2D eigenvalue weighted by Gasteiger charge is 1.91. The third-order valence-electron chi connectivity index (χ3n) is 1.90. The van der Waals surface area contributed by atoms with Gasteiger partial charge in [-0.2, -0.15) is 0 Å². The van der Waals surface area contributed by atoms with Crippen molar-refractivity contribution in [3.63, 3.8) is 0 Å². The number of likely N-dealkylation sites (N-methyl/N-ethyl adjacent to an activating group) is 1. The fourth-order valence-electron chi connectivity index (χ4n) is 1.16. The lowest BCUT2D eigenvalue weighted by Gasteiger charge is -2.03. The summed E-state index contributed by atoms with van der Waals surface area (Å²) < 4.78 is 5.37. The van der Waals surface area contributed by atoms with Crippen molar-refractivity contribution in [2.75, 3.05) is 26.7 Å². The third kappa shape index (κ3) is 4.63. The Morgan fingerprint density at radius 2 is 2.07 bits per heavy atom. The minimum absolute atomic E-state index is 0.545. The first-order valence-electron chi connectivity index (χ1n) is 5.11. The van der Waals surface area contributed by atoms with E-state index in [9.17, 15) is 0 Å². The molecule has 1 rings (SSSR count). The lowest BCUT2D eigenvalue weighted by atomic mass is 10.2. The number of hydrogen-bond acceptors (Lipinski definition) is 3. The molecule has 0 spiro atoms. The molecule has 3 heteroatoms. The van der Waals surface area contributed by atoms with Crippen molar-refractivity contribution in [3.8, 4) is 5.75 Å². The van der Waals surface area contributed by atoms with Gasteiger partial charge in [-0.05, 0) is 24.7 Å². The average Bonchev–Trinajstić information content (AvgIpc) is 2.28. The molecule has 0 aliphatic carbocycles. The van der Waals surface area contributed by atoms with Crippen molar-refractivity contribution in [2.24, 2.45) is 5.73 Å². The standard InChI is InChI=1S/C12H18N2O/c1-14-9-2-3-11-4-6-12(7-5-11)15-10-8-13/h2-7,14H,8-10,13H2,1H3. The number of benzene rings is 1. The Morgan fingerprint density at radius 1 is 1.33 bits per heavy atom. The van der Waals surface area contributed by atoms with Crippen LogP contribution in [0.5, 0.6) is 5.75 Å². The topological polar surface area (TPSA) is 47.3 Å². The maximum atomic E-state index is 5.37. The van der Waals surface area contributed by atoms with E-state index >= 15 is 0 Å². The van der Waals surface area contributed by atoms with Crippen LogP contribution in [0, 0.1) is 0 Å². The molecule has 0 aromatic heterocycles. The highest BCUT2D eigenvalue weighted by molar-refractivity contribution is 5.50. The molecule has 0 saturated carbocycles. The maximum absolute atomic E-state index is 5.37. The van der Waals surface area contributed by atoms with Gasteiger partial charge in [0.2, 0.25) is 0 Å². The van der Waals surface area contributed by atoms with Gasteiger partial charge < -0.3 is 15.8 Å². The summed E-state index contributed by atoms with van der Waals surface area (Å²) in [6.45, 7) is 1.99. The van der Waals surface area contributed by atoms with E-state index in [1.807, 2.05) is 31.3 Å². The van der Waals surface area contributed by atoms with Crippen molar-refractivity contribution in [2.45, 2.75) is 0 Å². The Hall–Kier alpha value is -1.32.